The van der Waals surface area contributed by atoms with Gasteiger partial charge < -0.3 is 9.30 Å². The monoisotopic (exact) mass is 269 g/mol. The normalized spacial score (nSPS) is 11.4. The van der Waals surface area contributed by atoms with Crippen molar-refractivity contribution in [2.75, 3.05) is 0 Å². The number of halogens is 3. The lowest BCUT2D eigenvalue weighted by molar-refractivity contribution is -0.274. The summed E-state index contributed by atoms with van der Waals surface area (Å²) in [7, 11) is 1.71. The SMILES string of the molecule is Cn1c(C=O)ccc1-c1ccc(OC(F)(F)F)cc1. The van der Waals surface area contributed by atoms with E-state index in [-0.39, 0.29) is 5.75 Å². The van der Waals surface area contributed by atoms with Crippen LogP contribution in [0.5, 0.6) is 5.75 Å². The van der Waals surface area contributed by atoms with Crippen LogP contribution < -0.4 is 4.74 Å². The number of alkyl halides is 3. The van der Waals surface area contributed by atoms with Crippen molar-refractivity contribution in [2.24, 2.45) is 7.05 Å². The van der Waals surface area contributed by atoms with E-state index in [1.807, 2.05) is 0 Å². The average molecular weight is 269 g/mol. The third kappa shape index (κ3) is 2.96. The topological polar surface area (TPSA) is 31.2 Å². The van der Waals surface area contributed by atoms with Crippen molar-refractivity contribution >= 4 is 6.29 Å². The maximum atomic E-state index is 12.0. The molecule has 100 valence electrons. The quantitative estimate of drug-likeness (QED) is 0.800. The fourth-order valence-corrected chi connectivity index (χ4v) is 1.76. The number of hydrogen-bond donors (Lipinski definition) is 0. The zero-order valence-electron chi connectivity index (χ0n) is 9.94. The Bertz CT molecular complexity index is 585. The van der Waals surface area contributed by atoms with E-state index in [2.05, 4.69) is 4.74 Å². The average Bonchev–Trinajstić information content (AvgIpc) is 2.69. The summed E-state index contributed by atoms with van der Waals surface area (Å²) in [5.74, 6) is -0.277. The smallest absolute Gasteiger partial charge is 0.406 e. The van der Waals surface area contributed by atoms with Crippen LogP contribution in [0.15, 0.2) is 36.4 Å². The summed E-state index contributed by atoms with van der Waals surface area (Å²) in [6.07, 6.45) is -3.98. The number of carbonyl (C=O) groups excluding carboxylic acids is 1. The molecule has 0 fully saturated rings. The molecule has 0 N–H and O–H groups in total. The molecule has 2 rings (SSSR count). The number of aldehydes is 1. The molecule has 1 heterocycles. The van der Waals surface area contributed by atoms with Crippen LogP contribution in [-0.4, -0.2) is 17.2 Å². The first kappa shape index (κ1) is 13.2. The molecule has 0 saturated heterocycles. The van der Waals surface area contributed by atoms with Gasteiger partial charge in [0.05, 0.1) is 5.69 Å². The molecule has 0 aliphatic heterocycles. The van der Waals surface area contributed by atoms with Crippen molar-refractivity contribution in [3.05, 3.63) is 42.1 Å². The number of carbonyl (C=O) groups is 1. The minimum Gasteiger partial charge on any atom is -0.406 e. The molecule has 0 unspecified atom stereocenters. The van der Waals surface area contributed by atoms with Gasteiger partial charge in [-0.2, -0.15) is 0 Å². The molecule has 1 aromatic heterocycles. The van der Waals surface area contributed by atoms with E-state index in [4.69, 9.17) is 0 Å². The van der Waals surface area contributed by atoms with Crippen molar-refractivity contribution in [3.8, 4) is 17.0 Å². The van der Waals surface area contributed by atoms with Crippen LogP contribution in [0, 0.1) is 0 Å². The third-order valence-corrected chi connectivity index (χ3v) is 2.67. The van der Waals surface area contributed by atoms with Crippen LogP contribution in [-0.2, 0) is 7.05 Å². The maximum absolute atomic E-state index is 12.0. The van der Waals surface area contributed by atoms with E-state index in [1.54, 1.807) is 23.7 Å². The number of ether oxygens (including phenoxy) is 1. The molecule has 0 radical (unpaired) electrons. The summed E-state index contributed by atoms with van der Waals surface area (Å²) in [5, 5.41) is 0. The van der Waals surface area contributed by atoms with Crippen molar-refractivity contribution in [2.45, 2.75) is 6.36 Å². The van der Waals surface area contributed by atoms with Crippen LogP contribution in [0.25, 0.3) is 11.3 Å². The van der Waals surface area contributed by atoms with Gasteiger partial charge in [0.15, 0.2) is 6.29 Å². The van der Waals surface area contributed by atoms with E-state index < -0.39 is 6.36 Å². The van der Waals surface area contributed by atoms with E-state index in [0.717, 1.165) is 5.69 Å². The van der Waals surface area contributed by atoms with Gasteiger partial charge in [-0.25, -0.2) is 0 Å². The molecule has 1 aromatic carbocycles. The molecular formula is C13H10F3NO2. The van der Waals surface area contributed by atoms with E-state index in [0.29, 0.717) is 17.5 Å². The second-order valence-electron chi connectivity index (χ2n) is 3.89. The molecule has 2 aromatic rings. The van der Waals surface area contributed by atoms with Gasteiger partial charge in [-0.1, -0.05) is 0 Å². The Morgan fingerprint density at radius 1 is 1.11 bits per heavy atom. The van der Waals surface area contributed by atoms with Gasteiger partial charge in [0.1, 0.15) is 5.75 Å². The number of nitrogens with zero attached hydrogens (tertiary/aromatic N) is 1. The number of aromatic nitrogens is 1. The lowest BCUT2D eigenvalue weighted by Gasteiger charge is -2.10. The Morgan fingerprint density at radius 3 is 2.21 bits per heavy atom. The first-order valence-corrected chi connectivity index (χ1v) is 5.38. The molecule has 0 bridgehead atoms. The Balaban J connectivity index is 2.27. The standard InChI is InChI=1S/C13H10F3NO2/c1-17-10(8-18)4-7-12(17)9-2-5-11(6-3-9)19-13(14,15)16/h2-8H,1H3. The molecule has 0 saturated carbocycles. The molecule has 3 nitrogen and oxygen atoms in total. The first-order chi connectivity index (χ1) is 8.90. The third-order valence-electron chi connectivity index (χ3n) is 2.67. The summed E-state index contributed by atoms with van der Waals surface area (Å²) in [6, 6.07) is 8.84. The Hall–Kier alpha value is -2.24. The minimum absolute atomic E-state index is 0.277. The molecule has 0 aliphatic carbocycles. The molecule has 0 spiro atoms. The predicted molar refractivity (Wildman–Crippen MR) is 62.9 cm³/mol. The molecule has 0 aliphatic rings. The summed E-state index contributed by atoms with van der Waals surface area (Å²) in [6.45, 7) is 0. The maximum Gasteiger partial charge on any atom is 0.573 e. The molecule has 6 heteroatoms. The Morgan fingerprint density at radius 2 is 1.74 bits per heavy atom. The first-order valence-electron chi connectivity index (χ1n) is 5.38. The summed E-state index contributed by atoms with van der Waals surface area (Å²) in [4.78, 5) is 10.7. The van der Waals surface area contributed by atoms with Gasteiger partial charge in [0.25, 0.3) is 0 Å². The molecular weight excluding hydrogens is 259 g/mol. The highest BCUT2D eigenvalue weighted by Crippen LogP contribution is 2.27. The molecule has 0 atom stereocenters. The van der Waals surface area contributed by atoms with Crippen LogP contribution >= 0.6 is 0 Å². The van der Waals surface area contributed by atoms with Crippen molar-refractivity contribution in [3.63, 3.8) is 0 Å². The van der Waals surface area contributed by atoms with Crippen LogP contribution in [0.1, 0.15) is 10.5 Å². The number of hydrogen-bond acceptors (Lipinski definition) is 2. The number of benzene rings is 1. The predicted octanol–water partition coefficient (Wildman–Crippen LogP) is 3.40. The van der Waals surface area contributed by atoms with Crippen molar-refractivity contribution in [1.82, 2.24) is 4.57 Å². The van der Waals surface area contributed by atoms with Crippen LogP contribution in [0.4, 0.5) is 13.2 Å². The van der Waals surface area contributed by atoms with Crippen LogP contribution in [0.3, 0.4) is 0 Å². The fraction of sp³-hybridized carbons (Fsp3) is 0.154. The second-order valence-corrected chi connectivity index (χ2v) is 3.89. The van der Waals surface area contributed by atoms with Gasteiger partial charge in [-0.15, -0.1) is 13.2 Å². The second kappa shape index (κ2) is 4.79. The van der Waals surface area contributed by atoms with Gasteiger partial charge in [0.2, 0.25) is 0 Å². The highest BCUT2D eigenvalue weighted by atomic mass is 19.4. The van der Waals surface area contributed by atoms with Crippen LogP contribution in [0.2, 0.25) is 0 Å². The highest BCUT2D eigenvalue weighted by molar-refractivity contribution is 5.76. The van der Waals surface area contributed by atoms with Gasteiger partial charge in [-0.3, -0.25) is 4.79 Å². The molecule has 0 amide bonds. The number of rotatable bonds is 3. The Kier molecular flexibility index (Phi) is 3.33. The van der Waals surface area contributed by atoms with Gasteiger partial charge >= 0.3 is 6.36 Å². The van der Waals surface area contributed by atoms with E-state index in [1.165, 1.54) is 24.3 Å². The largest absolute Gasteiger partial charge is 0.573 e. The van der Waals surface area contributed by atoms with E-state index >= 15 is 0 Å². The lowest BCUT2D eigenvalue weighted by Crippen LogP contribution is -2.16. The lowest BCUT2D eigenvalue weighted by atomic mass is 10.1. The minimum atomic E-state index is -4.70. The summed E-state index contributed by atoms with van der Waals surface area (Å²) < 4.78 is 41.5. The van der Waals surface area contributed by atoms with Crippen molar-refractivity contribution < 1.29 is 22.7 Å². The van der Waals surface area contributed by atoms with Crippen molar-refractivity contribution in [1.29, 1.82) is 0 Å². The fourth-order valence-electron chi connectivity index (χ4n) is 1.76. The molecule has 19 heavy (non-hydrogen) atoms. The zero-order valence-corrected chi connectivity index (χ0v) is 9.94. The summed E-state index contributed by atoms with van der Waals surface area (Å²) >= 11 is 0. The van der Waals surface area contributed by atoms with Gasteiger partial charge in [0, 0.05) is 12.7 Å². The van der Waals surface area contributed by atoms with Gasteiger partial charge in [-0.05, 0) is 42.0 Å². The Labute approximate surface area is 107 Å². The highest BCUT2D eigenvalue weighted by Gasteiger charge is 2.30. The summed E-state index contributed by atoms with van der Waals surface area (Å²) in [5.41, 5.74) is 1.93. The zero-order chi connectivity index (χ0) is 14.0. The van der Waals surface area contributed by atoms with E-state index in [9.17, 15) is 18.0 Å².